The predicted molar refractivity (Wildman–Crippen MR) is 144 cm³/mol. The Morgan fingerprint density at radius 2 is 1.63 bits per heavy atom. The molecule has 35 heavy (non-hydrogen) atoms. The highest BCUT2D eigenvalue weighted by Gasteiger charge is 2.34. The van der Waals surface area contributed by atoms with Crippen molar-refractivity contribution in [3.8, 4) is 5.75 Å². The highest BCUT2D eigenvalue weighted by atomic mass is 35.5. The van der Waals surface area contributed by atoms with E-state index in [2.05, 4.69) is 31.4 Å². The highest BCUT2D eigenvalue weighted by Crippen LogP contribution is 2.44. The Bertz CT molecular complexity index is 1210. The zero-order valence-corrected chi connectivity index (χ0v) is 22.2. The Morgan fingerprint density at radius 3 is 2.26 bits per heavy atom. The highest BCUT2D eigenvalue weighted by molar-refractivity contribution is 7.17. The number of carbonyl (C=O) groups is 2. The Labute approximate surface area is 219 Å². The number of hydrogen-bond donors (Lipinski definition) is 2. The zero-order chi connectivity index (χ0) is 25.2. The third-order valence-electron chi connectivity index (χ3n) is 6.26. The van der Waals surface area contributed by atoms with Crippen LogP contribution in [-0.2, 0) is 17.6 Å². The average Bonchev–Trinajstić information content (AvgIpc) is 3.16. The van der Waals surface area contributed by atoms with Crippen LogP contribution < -0.4 is 15.4 Å². The van der Waals surface area contributed by atoms with Crippen molar-refractivity contribution >= 4 is 57.0 Å². The molecule has 1 aromatic heterocycles. The molecular formula is C27H28Cl2N2O3S. The molecule has 0 aliphatic heterocycles. The van der Waals surface area contributed by atoms with E-state index in [9.17, 15) is 9.59 Å². The normalized spacial score (nSPS) is 15.3. The van der Waals surface area contributed by atoms with Crippen LogP contribution in [0.25, 0.3) is 0 Å². The molecule has 8 heteroatoms. The topological polar surface area (TPSA) is 67.4 Å². The van der Waals surface area contributed by atoms with E-state index >= 15 is 0 Å². The van der Waals surface area contributed by atoms with Crippen molar-refractivity contribution < 1.29 is 14.3 Å². The number of benzene rings is 2. The van der Waals surface area contributed by atoms with E-state index in [0.29, 0.717) is 38.0 Å². The van der Waals surface area contributed by atoms with Gasteiger partial charge in [0.1, 0.15) is 10.8 Å². The van der Waals surface area contributed by atoms with E-state index in [0.717, 1.165) is 29.7 Å². The molecule has 1 aliphatic rings. The fourth-order valence-electron chi connectivity index (χ4n) is 4.22. The lowest BCUT2D eigenvalue weighted by Gasteiger charge is -2.33. The van der Waals surface area contributed by atoms with Crippen molar-refractivity contribution in [2.45, 2.75) is 40.0 Å². The molecule has 0 fully saturated rings. The van der Waals surface area contributed by atoms with E-state index < -0.39 is 0 Å². The Kier molecular flexibility index (Phi) is 7.74. The summed E-state index contributed by atoms with van der Waals surface area (Å²) in [6.07, 6.45) is 2.69. The molecule has 2 aromatic carbocycles. The smallest absolute Gasteiger partial charge is 0.262 e. The summed E-state index contributed by atoms with van der Waals surface area (Å²) in [5.74, 6) is 0.487. The van der Waals surface area contributed by atoms with E-state index in [-0.39, 0.29) is 23.8 Å². The standard InChI is InChI=1S/C27H28Cl2N2O3S/c1-27(2,3)16-4-13-21-22(14-16)35-26(24(21)25(33)30-19-9-5-17(28)6-10-19)31-23(32)15-34-20-11-7-18(29)8-12-20/h5-12,16H,4,13-15H2,1-3H3,(H,30,33)(H,31,32). The van der Waals surface area contributed by atoms with Crippen LogP contribution in [0, 0.1) is 11.3 Å². The average molecular weight is 532 g/mol. The van der Waals surface area contributed by atoms with Crippen molar-refractivity contribution in [2.75, 3.05) is 17.2 Å². The number of anilines is 2. The SMILES string of the molecule is CC(C)(C)C1CCc2c(sc(NC(=O)COc3ccc(Cl)cc3)c2C(=O)Nc2ccc(Cl)cc2)C1. The molecule has 0 spiro atoms. The summed E-state index contributed by atoms with van der Waals surface area (Å²) >= 11 is 13.4. The number of thiophene rings is 1. The van der Waals surface area contributed by atoms with Crippen molar-refractivity contribution in [3.63, 3.8) is 0 Å². The molecule has 184 valence electrons. The van der Waals surface area contributed by atoms with Crippen LogP contribution in [0.2, 0.25) is 10.0 Å². The molecule has 0 saturated carbocycles. The lowest BCUT2D eigenvalue weighted by atomic mass is 9.72. The van der Waals surface area contributed by atoms with Gasteiger partial charge in [-0.05, 0) is 84.7 Å². The lowest BCUT2D eigenvalue weighted by molar-refractivity contribution is -0.118. The summed E-state index contributed by atoms with van der Waals surface area (Å²) in [6.45, 7) is 6.58. The van der Waals surface area contributed by atoms with Crippen LogP contribution in [-0.4, -0.2) is 18.4 Å². The second kappa shape index (κ2) is 10.6. The maximum absolute atomic E-state index is 13.4. The van der Waals surface area contributed by atoms with Gasteiger partial charge in [0, 0.05) is 20.6 Å². The molecule has 0 radical (unpaired) electrons. The van der Waals surface area contributed by atoms with Gasteiger partial charge in [-0.1, -0.05) is 44.0 Å². The first-order chi connectivity index (χ1) is 16.6. The first kappa shape index (κ1) is 25.5. The molecular weight excluding hydrogens is 503 g/mol. The van der Waals surface area contributed by atoms with Crippen molar-refractivity contribution in [2.24, 2.45) is 11.3 Å². The van der Waals surface area contributed by atoms with Crippen molar-refractivity contribution in [1.82, 2.24) is 0 Å². The molecule has 0 saturated heterocycles. The number of nitrogens with one attached hydrogen (secondary N) is 2. The number of ether oxygens (including phenoxy) is 1. The maximum Gasteiger partial charge on any atom is 0.262 e. The Hall–Kier alpha value is -2.54. The quantitative estimate of drug-likeness (QED) is 0.347. The summed E-state index contributed by atoms with van der Waals surface area (Å²) in [5.41, 5.74) is 2.37. The van der Waals surface area contributed by atoms with E-state index in [1.165, 1.54) is 11.3 Å². The minimum Gasteiger partial charge on any atom is -0.484 e. The van der Waals surface area contributed by atoms with Crippen molar-refractivity contribution in [3.05, 3.63) is 74.6 Å². The molecule has 2 N–H and O–H groups in total. The summed E-state index contributed by atoms with van der Waals surface area (Å²) in [6, 6.07) is 13.8. The van der Waals surface area contributed by atoms with Crippen LogP contribution in [0.5, 0.6) is 5.75 Å². The van der Waals surface area contributed by atoms with E-state index in [1.54, 1.807) is 48.5 Å². The molecule has 5 nitrogen and oxygen atoms in total. The van der Waals surface area contributed by atoms with Crippen LogP contribution in [0.15, 0.2) is 48.5 Å². The monoisotopic (exact) mass is 530 g/mol. The van der Waals surface area contributed by atoms with Gasteiger partial charge in [0.2, 0.25) is 0 Å². The first-order valence-electron chi connectivity index (χ1n) is 11.5. The molecule has 1 atom stereocenters. The van der Waals surface area contributed by atoms with Gasteiger partial charge in [0.15, 0.2) is 6.61 Å². The second-order valence-electron chi connectivity index (χ2n) is 9.77. The number of fused-ring (bicyclic) bond motifs is 1. The third-order valence-corrected chi connectivity index (χ3v) is 7.93. The number of carbonyl (C=O) groups excluding carboxylic acids is 2. The van der Waals surface area contributed by atoms with Gasteiger partial charge >= 0.3 is 0 Å². The van der Waals surface area contributed by atoms with Crippen LogP contribution in [0.4, 0.5) is 10.7 Å². The largest absolute Gasteiger partial charge is 0.484 e. The maximum atomic E-state index is 13.4. The van der Waals surface area contributed by atoms with Gasteiger partial charge in [-0.15, -0.1) is 11.3 Å². The fourth-order valence-corrected chi connectivity index (χ4v) is 5.82. The van der Waals surface area contributed by atoms with Gasteiger partial charge in [0.05, 0.1) is 5.56 Å². The minimum atomic E-state index is -0.327. The number of amides is 2. The number of halogens is 2. The summed E-state index contributed by atoms with van der Waals surface area (Å²) in [7, 11) is 0. The fraction of sp³-hybridized carbons (Fsp3) is 0.333. The van der Waals surface area contributed by atoms with Gasteiger partial charge in [0.25, 0.3) is 11.8 Å². The molecule has 1 heterocycles. The molecule has 1 aliphatic carbocycles. The molecule has 0 bridgehead atoms. The van der Waals surface area contributed by atoms with E-state index in [1.807, 2.05) is 0 Å². The third kappa shape index (κ3) is 6.37. The van der Waals surface area contributed by atoms with Crippen LogP contribution in [0.1, 0.15) is 48.0 Å². The van der Waals surface area contributed by atoms with Gasteiger partial charge in [-0.2, -0.15) is 0 Å². The first-order valence-corrected chi connectivity index (χ1v) is 13.1. The molecule has 4 rings (SSSR count). The summed E-state index contributed by atoms with van der Waals surface area (Å²) in [5, 5.41) is 7.62. The van der Waals surface area contributed by atoms with Crippen LogP contribution >= 0.6 is 34.5 Å². The summed E-state index contributed by atoms with van der Waals surface area (Å²) < 4.78 is 5.59. The number of hydrogen-bond acceptors (Lipinski definition) is 4. The van der Waals surface area contributed by atoms with Crippen LogP contribution in [0.3, 0.4) is 0 Å². The summed E-state index contributed by atoms with van der Waals surface area (Å²) in [4.78, 5) is 27.3. The zero-order valence-electron chi connectivity index (χ0n) is 19.9. The second-order valence-corrected chi connectivity index (χ2v) is 11.7. The van der Waals surface area contributed by atoms with Gasteiger partial charge < -0.3 is 15.4 Å². The molecule has 2 amide bonds. The van der Waals surface area contributed by atoms with Crippen molar-refractivity contribution in [1.29, 1.82) is 0 Å². The molecule has 3 aromatic rings. The number of rotatable bonds is 6. The Morgan fingerprint density at radius 1 is 1.00 bits per heavy atom. The van der Waals surface area contributed by atoms with E-state index in [4.69, 9.17) is 27.9 Å². The van der Waals surface area contributed by atoms with Gasteiger partial charge in [-0.25, -0.2) is 0 Å². The van der Waals surface area contributed by atoms with Gasteiger partial charge in [-0.3, -0.25) is 9.59 Å². The lowest BCUT2D eigenvalue weighted by Crippen LogP contribution is -2.27. The minimum absolute atomic E-state index is 0.170. The molecule has 1 unspecified atom stereocenters. The Balaban J connectivity index is 1.56. The predicted octanol–water partition coefficient (Wildman–Crippen LogP) is 7.48.